The van der Waals surface area contributed by atoms with Crippen molar-refractivity contribution in [1.29, 1.82) is 0 Å². The molecule has 7 heteroatoms. The zero-order valence-corrected chi connectivity index (χ0v) is 58.0. The maximum atomic E-state index is 7.90. The number of fused-ring (bicyclic) bond motifs is 22. The lowest BCUT2D eigenvalue weighted by Crippen LogP contribution is -2.29. The van der Waals surface area contributed by atoms with Crippen molar-refractivity contribution >= 4 is 175 Å². The van der Waals surface area contributed by atoms with E-state index >= 15 is 0 Å². The molecule has 5 heterocycles. The average molecular weight is 1330 g/mol. The van der Waals surface area contributed by atoms with E-state index in [1.165, 1.54) is 31.3 Å². The Morgan fingerprint density at radius 3 is 1.25 bits per heavy atom. The summed E-state index contributed by atoms with van der Waals surface area (Å²) in [5, 5.41) is 15.0. The first-order valence-electron chi connectivity index (χ1n) is 35.3. The van der Waals surface area contributed by atoms with E-state index in [4.69, 9.17) is 17.7 Å². The van der Waals surface area contributed by atoms with Gasteiger partial charge >= 0.3 is 0 Å². The lowest BCUT2D eigenvalue weighted by Gasteiger charge is -2.36. The molecule has 1 aliphatic rings. The Kier molecular flexibility index (Phi) is 12.3. The summed E-state index contributed by atoms with van der Waals surface area (Å²) in [6.07, 6.45) is 0. The molecule has 1 unspecified atom stereocenters. The topological polar surface area (TPSA) is 59.0 Å². The zero-order valence-electron chi connectivity index (χ0n) is 57.1. The van der Waals surface area contributed by atoms with E-state index in [2.05, 4.69) is 343 Å². The Morgan fingerprint density at radius 2 is 0.676 bits per heavy atom. The van der Waals surface area contributed by atoms with Gasteiger partial charge in [-0.05, 0) is 140 Å². The van der Waals surface area contributed by atoms with Gasteiger partial charge in [-0.1, -0.05) is 248 Å². The fourth-order valence-electron chi connectivity index (χ4n) is 17.2. The van der Waals surface area contributed by atoms with Crippen LogP contribution in [0.1, 0.15) is 74.9 Å². The van der Waals surface area contributed by atoms with Crippen LogP contribution in [0.4, 0.5) is 34.1 Å². The minimum Gasteiger partial charge on any atom is -0.455 e. The standard InChI is InChI=1S/C95H66N2O4S/c1-93(2,3)57-43-45-58(46-44-57)95(60-48-50-84-70(52-60)69-51-59(94(4,5)6)47-49-83(69)102-84)71-54-78(97(74-36-20-26-56-24-8-10-28-62(56)74)76-38-22-34-66-64-30-12-16-40-80(64)99-90(66)76)91-86(68-32-14-18-42-82(68)100-91)87(71)88-72(95)53-77(85-67-31-13-17-41-81(67)101-92(85)88)96(73-35-19-25-55-23-7-9-27-61(55)73)75-37-21-33-65-63-29-11-15-39-79(63)98-89(65)75/h7-54H,1-6H3. The molecule has 0 radical (unpaired) electrons. The van der Waals surface area contributed by atoms with Gasteiger partial charge in [0.25, 0.3) is 0 Å². The lowest BCUT2D eigenvalue weighted by atomic mass is 9.66. The van der Waals surface area contributed by atoms with E-state index < -0.39 is 5.41 Å². The first-order chi connectivity index (χ1) is 49.8. The van der Waals surface area contributed by atoms with Crippen molar-refractivity contribution in [3.05, 3.63) is 325 Å². The number of hydrogen-bond acceptors (Lipinski definition) is 7. The number of nitrogens with zero attached hydrogens (tertiary/aromatic N) is 2. The van der Waals surface area contributed by atoms with Crippen LogP contribution >= 0.6 is 11.3 Å². The molecule has 0 aliphatic heterocycles. The summed E-state index contributed by atoms with van der Waals surface area (Å²) in [7, 11) is 0. The molecule has 21 rings (SSSR count). The highest BCUT2D eigenvalue weighted by molar-refractivity contribution is 7.25. The number of furan rings is 4. The first-order valence-corrected chi connectivity index (χ1v) is 36.1. The third-order valence-corrected chi connectivity index (χ3v) is 23.2. The van der Waals surface area contributed by atoms with Crippen molar-refractivity contribution in [2.45, 2.75) is 57.8 Å². The number of rotatable bonds is 8. The molecule has 0 spiro atoms. The van der Waals surface area contributed by atoms with Crippen molar-refractivity contribution in [2.75, 3.05) is 9.80 Å². The van der Waals surface area contributed by atoms with Crippen LogP contribution in [0.15, 0.2) is 309 Å². The fourth-order valence-corrected chi connectivity index (χ4v) is 18.3. The first kappa shape index (κ1) is 58.8. The molecule has 0 bridgehead atoms. The predicted molar refractivity (Wildman–Crippen MR) is 428 cm³/mol. The molecule has 0 fully saturated rings. The van der Waals surface area contributed by atoms with E-state index in [-0.39, 0.29) is 10.8 Å². The molecule has 6 nitrogen and oxygen atoms in total. The summed E-state index contributed by atoms with van der Waals surface area (Å²) in [6.45, 7) is 13.9. The third-order valence-electron chi connectivity index (χ3n) is 22.0. The minimum absolute atomic E-state index is 0.0891. The Labute approximate surface area is 592 Å². The normalized spacial score (nSPS) is 14.2. The fraction of sp³-hybridized carbons (Fsp3) is 0.0947. The molecule has 102 heavy (non-hydrogen) atoms. The van der Waals surface area contributed by atoms with E-state index in [0.29, 0.717) is 0 Å². The van der Waals surface area contributed by atoms with Gasteiger partial charge in [0.15, 0.2) is 16.7 Å². The Balaban J connectivity index is 0.996. The monoisotopic (exact) mass is 1330 g/mol. The highest BCUT2D eigenvalue weighted by Crippen LogP contribution is 2.66. The smallest absolute Gasteiger partial charge is 0.160 e. The van der Waals surface area contributed by atoms with Gasteiger partial charge in [-0.3, -0.25) is 0 Å². The quantitative estimate of drug-likeness (QED) is 0.151. The summed E-state index contributed by atoms with van der Waals surface area (Å²) in [4.78, 5) is 4.93. The van der Waals surface area contributed by atoms with Gasteiger partial charge in [0, 0.05) is 79.8 Å². The van der Waals surface area contributed by atoms with Gasteiger partial charge in [-0.25, -0.2) is 0 Å². The molecule has 0 saturated carbocycles. The second-order valence-corrected chi connectivity index (χ2v) is 30.8. The van der Waals surface area contributed by atoms with Crippen molar-refractivity contribution in [2.24, 2.45) is 0 Å². The number of para-hydroxylation sites is 6. The lowest BCUT2D eigenvalue weighted by molar-refractivity contribution is 0.589. The zero-order chi connectivity index (χ0) is 68.1. The predicted octanol–water partition coefficient (Wildman–Crippen LogP) is 27.9. The number of benzene rings is 15. The molecule has 20 aromatic rings. The van der Waals surface area contributed by atoms with Crippen LogP contribution in [0, 0.1) is 0 Å². The Morgan fingerprint density at radius 1 is 0.275 bits per heavy atom. The van der Waals surface area contributed by atoms with E-state index in [1.807, 2.05) is 11.3 Å². The minimum atomic E-state index is -1.13. The number of hydrogen-bond donors (Lipinski definition) is 0. The number of anilines is 6. The summed E-state index contributed by atoms with van der Waals surface area (Å²) in [5.41, 5.74) is 19.4. The maximum Gasteiger partial charge on any atom is 0.160 e. The van der Waals surface area contributed by atoms with Crippen LogP contribution in [-0.2, 0) is 16.2 Å². The van der Waals surface area contributed by atoms with Crippen molar-refractivity contribution in [3.63, 3.8) is 0 Å². The van der Waals surface area contributed by atoms with Crippen LogP contribution in [0.3, 0.4) is 0 Å². The molecule has 486 valence electrons. The highest BCUT2D eigenvalue weighted by atomic mass is 32.1. The summed E-state index contributed by atoms with van der Waals surface area (Å²) < 4.78 is 32.6. The molecule has 1 atom stereocenters. The molecule has 15 aromatic carbocycles. The summed E-state index contributed by atoms with van der Waals surface area (Å²) in [5.74, 6) is 0. The van der Waals surface area contributed by atoms with Crippen molar-refractivity contribution < 1.29 is 17.7 Å². The Bertz CT molecular complexity index is 6930. The van der Waals surface area contributed by atoms with Gasteiger partial charge in [0.05, 0.1) is 44.9 Å². The molecule has 0 saturated heterocycles. The van der Waals surface area contributed by atoms with E-state index in [0.717, 1.165) is 177 Å². The van der Waals surface area contributed by atoms with Crippen LogP contribution in [-0.4, -0.2) is 0 Å². The van der Waals surface area contributed by atoms with Gasteiger partial charge in [0.2, 0.25) is 0 Å². The van der Waals surface area contributed by atoms with Crippen LogP contribution in [0.25, 0.3) is 141 Å². The second kappa shape index (κ2) is 21.4. The van der Waals surface area contributed by atoms with Gasteiger partial charge < -0.3 is 27.5 Å². The molecule has 5 aromatic heterocycles. The Hall–Kier alpha value is -12.2. The second-order valence-electron chi connectivity index (χ2n) is 29.8. The van der Waals surface area contributed by atoms with E-state index in [1.54, 1.807) is 0 Å². The van der Waals surface area contributed by atoms with Crippen molar-refractivity contribution in [1.82, 2.24) is 0 Å². The molecular formula is C95H66N2O4S. The van der Waals surface area contributed by atoms with Gasteiger partial charge in [-0.15, -0.1) is 11.3 Å². The SMILES string of the molecule is CC(C)(C)c1ccc(C2(c3ccc4sc5ccc(C(C)(C)C)cc5c4c3)c3cc(N(c4cccc5ccccc45)c4cccc5c4oc4ccccc45)c4c(oc5ccccc54)c3-c3c2cc(N(c2cccc4ccccc24)c2cccc4c2oc2ccccc24)c2oc4ccccc4c32)cc1. The largest absolute Gasteiger partial charge is 0.455 e. The third kappa shape index (κ3) is 8.34. The molecule has 0 amide bonds. The van der Waals surface area contributed by atoms with E-state index in [9.17, 15) is 0 Å². The van der Waals surface area contributed by atoms with Crippen LogP contribution < -0.4 is 9.80 Å². The highest BCUT2D eigenvalue weighted by Gasteiger charge is 2.51. The number of thiophene rings is 1. The van der Waals surface area contributed by atoms with Crippen LogP contribution in [0.5, 0.6) is 0 Å². The summed E-state index contributed by atoms with van der Waals surface area (Å²) in [6, 6.07) is 107. The van der Waals surface area contributed by atoms with Crippen LogP contribution in [0.2, 0.25) is 0 Å². The molecular weight excluding hydrogens is 1270 g/mol. The molecule has 1 aliphatic carbocycles. The molecule has 0 N–H and O–H groups in total. The van der Waals surface area contributed by atoms with Crippen molar-refractivity contribution in [3.8, 4) is 11.1 Å². The average Bonchev–Trinajstić information content (AvgIpc) is 1.49. The van der Waals surface area contributed by atoms with Gasteiger partial charge in [0.1, 0.15) is 27.9 Å². The summed E-state index contributed by atoms with van der Waals surface area (Å²) >= 11 is 1.86. The van der Waals surface area contributed by atoms with Gasteiger partial charge in [-0.2, -0.15) is 0 Å². The maximum absolute atomic E-state index is 7.90.